The zero-order valence-corrected chi connectivity index (χ0v) is 12.6. The highest BCUT2D eigenvalue weighted by Crippen LogP contribution is 2.60. The van der Waals surface area contributed by atoms with Gasteiger partial charge in [0.2, 0.25) is 0 Å². The fourth-order valence-corrected chi connectivity index (χ4v) is 4.33. The van der Waals surface area contributed by atoms with Gasteiger partial charge in [0.15, 0.2) is 0 Å². The maximum atomic E-state index is 3.79. The van der Waals surface area contributed by atoms with Crippen molar-refractivity contribution >= 4 is 0 Å². The summed E-state index contributed by atoms with van der Waals surface area (Å²) in [5, 5.41) is 3.79. The minimum absolute atomic E-state index is 0.595. The molecule has 0 saturated heterocycles. The van der Waals surface area contributed by atoms with Crippen LogP contribution in [0.25, 0.3) is 0 Å². The van der Waals surface area contributed by atoms with Gasteiger partial charge in [0.1, 0.15) is 0 Å². The molecule has 0 amide bonds. The molecule has 1 N–H and O–H groups in total. The minimum atomic E-state index is 0.595. The van der Waals surface area contributed by atoms with Crippen molar-refractivity contribution in [2.45, 2.75) is 52.5 Å². The third-order valence-electron chi connectivity index (χ3n) is 5.51. The molecule has 3 rings (SSSR count). The molecular weight excluding hydrogens is 230 g/mol. The van der Waals surface area contributed by atoms with Crippen molar-refractivity contribution in [3.8, 4) is 0 Å². The number of fused-ring (bicyclic) bond motifs is 1. The first-order chi connectivity index (χ1) is 9.24. The largest absolute Gasteiger partial charge is 0.310 e. The van der Waals surface area contributed by atoms with Gasteiger partial charge >= 0.3 is 0 Å². The van der Waals surface area contributed by atoms with E-state index in [4.69, 9.17) is 0 Å². The predicted octanol–water partition coefficient (Wildman–Crippen LogP) is 4.39. The maximum absolute atomic E-state index is 3.79. The van der Waals surface area contributed by atoms with Crippen LogP contribution in [-0.2, 0) is 0 Å². The van der Waals surface area contributed by atoms with Gasteiger partial charge in [-0.1, -0.05) is 38.0 Å². The van der Waals surface area contributed by atoms with Crippen molar-refractivity contribution in [1.29, 1.82) is 0 Å². The molecule has 2 aliphatic rings. The van der Waals surface area contributed by atoms with Gasteiger partial charge < -0.3 is 5.32 Å². The molecule has 0 heterocycles. The number of hydrogen-bond acceptors (Lipinski definition) is 1. The van der Waals surface area contributed by atoms with Crippen LogP contribution >= 0.6 is 0 Å². The van der Waals surface area contributed by atoms with Gasteiger partial charge in [-0.05, 0) is 67.7 Å². The predicted molar refractivity (Wildman–Crippen MR) is 81.3 cm³/mol. The van der Waals surface area contributed by atoms with Crippen molar-refractivity contribution in [1.82, 2.24) is 5.32 Å². The van der Waals surface area contributed by atoms with Gasteiger partial charge in [0.05, 0.1) is 0 Å². The molecule has 1 heteroatoms. The average molecular weight is 257 g/mol. The number of benzene rings is 1. The van der Waals surface area contributed by atoms with Crippen molar-refractivity contribution < 1.29 is 0 Å². The Balaban J connectivity index is 1.87. The standard InChI is InChI=1S/C18H27N/c1-4-19-18(14-11-7-8-12(2)13(14)3)17-15-9-5-6-10-16(15)17/h7-8,11,15-19H,4-6,9-10H2,1-3H3. The Bertz CT molecular complexity index is 439. The van der Waals surface area contributed by atoms with Gasteiger partial charge in [-0.3, -0.25) is 0 Å². The molecule has 0 bridgehead atoms. The lowest BCUT2D eigenvalue weighted by Gasteiger charge is -2.22. The summed E-state index contributed by atoms with van der Waals surface area (Å²) in [6.07, 6.45) is 5.87. The second kappa shape index (κ2) is 5.28. The summed E-state index contributed by atoms with van der Waals surface area (Å²) >= 11 is 0. The van der Waals surface area contributed by atoms with E-state index >= 15 is 0 Å². The normalized spacial score (nSPS) is 30.8. The van der Waals surface area contributed by atoms with Crippen LogP contribution in [0.15, 0.2) is 18.2 Å². The van der Waals surface area contributed by atoms with Gasteiger partial charge in [0.25, 0.3) is 0 Å². The Morgan fingerprint density at radius 3 is 2.47 bits per heavy atom. The van der Waals surface area contributed by atoms with E-state index in [1.165, 1.54) is 36.8 Å². The molecule has 2 fully saturated rings. The molecule has 0 radical (unpaired) electrons. The Kier molecular flexibility index (Phi) is 3.66. The quantitative estimate of drug-likeness (QED) is 0.843. The lowest BCUT2D eigenvalue weighted by Crippen LogP contribution is -2.24. The van der Waals surface area contributed by atoms with Crippen LogP contribution in [-0.4, -0.2) is 6.54 Å². The molecule has 104 valence electrons. The Morgan fingerprint density at radius 1 is 1.16 bits per heavy atom. The van der Waals surface area contributed by atoms with Crippen molar-refractivity contribution in [3.05, 3.63) is 34.9 Å². The summed E-state index contributed by atoms with van der Waals surface area (Å²) < 4.78 is 0. The smallest absolute Gasteiger partial charge is 0.0356 e. The zero-order valence-electron chi connectivity index (χ0n) is 12.6. The second-order valence-corrected chi connectivity index (χ2v) is 6.51. The molecule has 1 aromatic rings. The third kappa shape index (κ3) is 2.33. The number of hydrogen-bond donors (Lipinski definition) is 1. The molecule has 0 aliphatic heterocycles. The highest BCUT2D eigenvalue weighted by molar-refractivity contribution is 5.37. The SMILES string of the molecule is CCNC(c1cccc(C)c1C)C1C2CCCCC21. The molecule has 19 heavy (non-hydrogen) atoms. The summed E-state index contributed by atoms with van der Waals surface area (Å²) in [6, 6.07) is 7.41. The fourth-order valence-electron chi connectivity index (χ4n) is 4.33. The first-order valence-electron chi connectivity index (χ1n) is 8.03. The van der Waals surface area contributed by atoms with Crippen molar-refractivity contribution in [2.75, 3.05) is 6.54 Å². The van der Waals surface area contributed by atoms with E-state index in [1.54, 1.807) is 5.56 Å². The highest BCUT2D eigenvalue weighted by Gasteiger charge is 2.54. The third-order valence-corrected chi connectivity index (χ3v) is 5.51. The molecule has 2 aliphatic carbocycles. The van der Waals surface area contributed by atoms with Crippen LogP contribution in [0.1, 0.15) is 55.3 Å². The molecule has 1 aromatic carbocycles. The number of aryl methyl sites for hydroxylation is 1. The van der Waals surface area contributed by atoms with Gasteiger partial charge in [-0.25, -0.2) is 0 Å². The van der Waals surface area contributed by atoms with E-state index in [-0.39, 0.29) is 0 Å². The summed E-state index contributed by atoms with van der Waals surface area (Å²) in [7, 11) is 0. The van der Waals surface area contributed by atoms with Crippen molar-refractivity contribution in [2.24, 2.45) is 17.8 Å². The first kappa shape index (κ1) is 13.2. The van der Waals surface area contributed by atoms with Crippen molar-refractivity contribution in [3.63, 3.8) is 0 Å². The molecule has 0 aromatic heterocycles. The van der Waals surface area contributed by atoms with E-state index in [0.29, 0.717) is 6.04 Å². The molecule has 1 nitrogen and oxygen atoms in total. The van der Waals surface area contributed by atoms with E-state index in [2.05, 4.69) is 44.3 Å². The molecule has 2 saturated carbocycles. The van der Waals surface area contributed by atoms with E-state index in [1.807, 2.05) is 0 Å². The number of rotatable bonds is 4. The van der Waals surface area contributed by atoms with E-state index in [9.17, 15) is 0 Å². The Morgan fingerprint density at radius 2 is 1.84 bits per heavy atom. The summed E-state index contributed by atoms with van der Waals surface area (Å²) in [5.74, 6) is 2.93. The Hall–Kier alpha value is -0.820. The van der Waals surface area contributed by atoms with Gasteiger partial charge in [0, 0.05) is 6.04 Å². The Labute approximate surface area is 117 Å². The lowest BCUT2D eigenvalue weighted by atomic mass is 9.93. The molecule has 3 unspecified atom stereocenters. The first-order valence-corrected chi connectivity index (χ1v) is 8.03. The summed E-state index contributed by atoms with van der Waals surface area (Å²) in [4.78, 5) is 0. The van der Waals surface area contributed by atoms with Crippen LogP contribution in [0, 0.1) is 31.6 Å². The molecule has 0 spiro atoms. The second-order valence-electron chi connectivity index (χ2n) is 6.51. The summed E-state index contributed by atoms with van der Waals surface area (Å²) in [6.45, 7) is 7.85. The van der Waals surface area contributed by atoms with Crippen LogP contribution in [0.3, 0.4) is 0 Å². The van der Waals surface area contributed by atoms with Gasteiger partial charge in [-0.2, -0.15) is 0 Å². The molecular formula is C18H27N. The number of nitrogens with one attached hydrogen (secondary N) is 1. The highest BCUT2D eigenvalue weighted by atomic mass is 14.9. The molecule has 3 atom stereocenters. The fraction of sp³-hybridized carbons (Fsp3) is 0.667. The maximum Gasteiger partial charge on any atom is 0.0356 e. The average Bonchev–Trinajstić information content (AvgIpc) is 3.14. The van der Waals surface area contributed by atoms with Crippen LogP contribution in [0.2, 0.25) is 0 Å². The van der Waals surface area contributed by atoms with E-state index in [0.717, 1.165) is 24.3 Å². The lowest BCUT2D eigenvalue weighted by molar-refractivity contribution is 0.455. The van der Waals surface area contributed by atoms with Crippen LogP contribution in [0.4, 0.5) is 0 Å². The van der Waals surface area contributed by atoms with Gasteiger partial charge in [-0.15, -0.1) is 0 Å². The zero-order chi connectivity index (χ0) is 13.4. The monoisotopic (exact) mass is 257 g/mol. The topological polar surface area (TPSA) is 12.0 Å². The van der Waals surface area contributed by atoms with Crippen LogP contribution in [0.5, 0.6) is 0 Å². The van der Waals surface area contributed by atoms with E-state index < -0.39 is 0 Å². The minimum Gasteiger partial charge on any atom is -0.310 e. The summed E-state index contributed by atoms with van der Waals surface area (Å²) in [5.41, 5.74) is 4.49. The van der Waals surface area contributed by atoms with Crippen LogP contribution < -0.4 is 5.32 Å².